The van der Waals surface area contributed by atoms with Crippen molar-refractivity contribution in [2.75, 3.05) is 7.11 Å². The van der Waals surface area contributed by atoms with Crippen molar-refractivity contribution in [3.8, 4) is 0 Å². The summed E-state index contributed by atoms with van der Waals surface area (Å²) in [7, 11) is 1.00. The molecule has 0 fully saturated rings. The molecule has 0 radical (unpaired) electrons. The fraction of sp³-hybridized carbons (Fsp3) is 0.778. The highest BCUT2D eigenvalue weighted by Crippen LogP contribution is 1.92. The van der Waals surface area contributed by atoms with Crippen LogP contribution in [-0.2, 0) is 9.59 Å². The first-order valence-electron chi connectivity index (χ1n) is 4.64. The summed E-state index contributed by atoms with van der Waals surface area (Å²) in [5.41, 5.74) is 0. The molecular formula is C9H20O7. The van der Waals surface area contributed by atoms with E-state index in [1.807, 2.05) is 0 Å². The molecule has 0 bridgehead atoms. The third-order valence-electron chi connectivity index (χ3n) is 1.31. The smallest absolute Gasteiger partial charge is 0.335 e. The van der Waals surface area contributed by atoms with Gasteiger partial charge in [-0.05, 0) is 0 Å². The molecule has 0 saturated carbocycles. The summed E-state index contributed by atoms with van der Waals surface area (Å²) in [6.45, 7) is 4.36. The molecule has 0 aliphatic heterocycles. The van der Waals surface area contributed by atoms with Crippen molar-refractivity contribution in [2.24, 2.45) is 0 Å². The average Bonchev–Trinajstić information content (AvgIpc) is 2.29. The SMILES string of the molecule is CCCC.CO.O=C(O)C(O)C(O)C(=O)O. The largest absolute Gasteiger partial charge is 0.479 e. The maximum Gasteiger partial charge on any atom is 0.335 e. The Kier molecular flexibility index (Phi) is 17.5. The van der Waals surface area contributed by atoms with Gasteiger partial charge < -0.3 is 25.5 Å². The van der Waals surface area contributed by atoms with Gasteiger partial charge in [0.05, 0.1) is 0 Å². The van der Waals surface area contributed by atoms with Crippen LogP contribution in [0.25, 0.3) is 0 Å². The predicted molar refractivity (Wildman–Crippen MR) is 56.0 cm³/mol. The molecule has 98 valence electrons. The van der Waals surface area contributed by atoms with Crippen LogP contribution in [0, 0.1) is 0 Å². The van der Waals surface area contributed by atoms with Crippen molar-refractivity contribution in [3.63, 3.8) is 0 Å². The van der Waals surface area contributed by atoms with Gasteiger partial charge in [0.25, 0.3) is 0 Å². The van der Waals surface area contributed by atoms with E-state index in [4.69, 9.17) is 25.5 Å². The third kappa shape index (κ3) is 12.8. The van der Waals surface area contributed by atoms with Crippen molar-refractivity contribution >= 4 is 11.9 Å². The molecule has 0 aliphatic carbocycles. The zero-order valence-electron chi connectivity index (χ0n) is 9.62. The number of hydrogen-bond acceptors (Lipinski definition) is 5. The van der Waals surface area contributed by atoms with Crippen LogP contribution in [0.15, 0.2) is 0 Å². The summed E-state index contributed by atoms with van der Waals surface area (Å²) in [5.74, 6) is -3.54. The molecule has 0 heterocycles. The molecule has 7 nitrogen and oxygen atoms in total. The zero-order chi connectivity index (χ0) is 13.7. The molecule has 5 N–H and O–H groups in total. The van der Waals surface area contributed by atoms with Crippen molar-refractivity contribution in [3.05, 3.63) is 0 Å². The minimum Gasteiger partial charge on any atom is -0.479 e. The van der Waals surface area contributed by atoms with Crippen LogP contribution >= 0.6 is 0 Å². The van der Waals surface area contributed by atoms with Crippen molar-refractivity contribution in [2.45, 2.75) is 38.9 Å². The highest BCUT2D eigenvalue weighted by atomic mass is 16.4. The maximum absolute atomic E-state index is 9.77. The van der Waals surface area contributed by atoms with Gasteiger partial charge in [0.2, 0.25) is 0 Å². The second-order valence-electron chi connectivity index (χ2n) is 2.57. The van der Waals surface area contributed by atoms with E-state index in [1.165, 1.54) is 12.8 Å². The van der Waals surface area contributed by atoms with Crippen molar-refractivity contribution in [1.29, 1.82) is 0 Å². The Labute approximate surface area is 94.0 Å². The lowest BCUT2D eigenvalue weighted by Gasteiger charge is -2.07. The molecule has 0 rings (SSSR count). The molecule has 16 heavy (non-hydrogen) atoms. The first-order valence-corrected chi connectivity index (χ1v) is 4.64. The number of carbonyl (C=O) groups is 2. The molecule has 2 unspecified atom stereocenters. The van der Waals surface area contributed by atoms with Gasteiger partial charge >= 0.3 is 11.9 Å². The van der Waals surface area contributed by atoms with Gasteiger partial charge in [0.15, 0.2) is 12.2 Å². The van der Waals surface area contributed by atoms with Gasteiger partial charge in [0, 0.05) is 7.11 Å². The minimum absolute atomic E-state index is 1.00. The monoisotopic (exact) mass is 240 g/mol. The average molecular weight is 240 g/mol. The molecule has 0 spiro atoms. The number of carboxylic acid groups (broad SMARTS) is 2. The summed E-state index contributed by atoms with van der Waals surface area (Å²) in [6.07, 6.45) is -1.89. The molecule has 0 aromatic rings. The Morgan fingerprint density at radius 1 is 0.875 bits per heavy atom. The summed E-state index contributed by atoms with van der Waals surface area (Å²) >= 11 is 0. The summed E-state index contributed by atoms with van der Waals surface area (Å²) in [5, 5.41) is 39.5. The number of aliphatic hydroxyl groups excluding tert-OH is 3. The highest BCUT2D eigenvalue weighted by Gasteiger charge is 2.29. The molecule has 0 aromatic heterocycles. The molecular weight excluding hydrogens is 220 g/mol. The minimum atomic E-state index is -2.27. The van der Waals surface area contributed by atoms with E-state index in [2.05, 4.69) is 13.8 Å². The van der Waals surface area contributed by atoms with E-state index in [1.54, 1.807) is 0 Å². The Balaban J connectivity index is -0.000000237. The maximum atomic E-state index is 9.77. The Morgan fingerprint density at radius 3 is 1.12 bits per heavy atom. The van der Waals surface area contributed by atoms with Gasteiger partial charge in [-0.1, -0.05) is 26.7 Å². The van der Waals surface area contributed by atoms with Crippen LogP contribution in [0.3, 0.4) is 0 Å². The van der Waals surface area contributed by atoms with Gasteiger partial charge in [-0.3, -0.25) is 0 Å². The van der Waals surface area contributed by atoms with Gasteiger partial charge in [-0.2, -0.15) is 0 Å². The highest BCUT2D eigenvalue weighted by molar-refractivity contribution is 5.82. The zero-order valence-corrected chi connectivity index (χ0v) is 9.62. The Morgan fingerprint density at radius 2 is 1.06 bits per heavy atom. The van der Waals surface area contributed by atoms with Gasteiger partial charge in [-0.15, -0.1) is 0 Å². The van der Waals surface area contributed by atoms with E-state index in [0.29, 0.717) is 0 Å². The van der Waals surface area contributed by atoms with E-state index >= 15 is 0 Å². The van der Waals surface area contributed by atoms with E-state index in [0.717, 1.165) is 7.11 Å². The van der Waals surface area contributed by atoms with Crippen molar-refractivity contribution in [1.82, 2.24) is 0 Å². The second kappa shape index (κ2) is 13.8. The number of aliphatic hydroxyl groups is 3. The standard InChI is InChI=1S/C4H6O6.C4H10.CH4O/c5-1(3(7)8)2(6)4(9)10;1-3-4-2;1-2/h1-2,5-6H,(H,7,8)(H,9,10);3-4H2,1-2H3;2H,1H3. The number of unbranched alkanes of at least 4 members (excludes halogenated alkanes) is 1. The second-order valence-corrected chi connectivity index (χ2v) is 2.57. The van der Waals surface area contributed by atoms with E-state index in [-0.39, 0.29) is 0 Å². The normalized spacial score (nSPS) is 12.1. The number of carboxylic acids is 2. The lowest BCUT2D eigenvalue weighted by atomic mass is 10.2. The number of aliphatic carboxylic acids is 2. The van der Waals surface area contributed by atoms with E-state index < -0.39 is 24.1 Å². The summed E-state index contributed by atoms with van der Waals surface area (Å²) in [6, 6.07) is 0. The van der Waals surface area contributed by atoms with Crippen LogP contribution in [0.5, 0.6) is 0 Å². The first-order chi connectivity index (χ1) is 7.38. The fourth-order valence-corrected chi connectivity index (χ4v) is 0.270. The first kappa shape index (κ1) is 20.3. The Bertz CT molecular complexity index is 161. The Hall–Kier alpha value is -1.18. The molecule has 0 aliphatic rings. The van der Waals surface area contributed by atoms with Gasteiger partial charge in [0.1, 0.15) is 0 Å². The van der Waals surface area contributed by atoms with Crippen LogP contribution in [0.1, 0.15) is 26.7 Å². The van der Waals surface area contributed by atoms with Crippen LogP contribution in [0.4, 0.5) is 0 Å². The topological polar surface area (TPSA) is 135 Å². The molecule has 7 heteroatoms. The fourth-order valence-electron chi connectivity index (χ4n) is 0.270. The lowest BCUT2D eigenvalue weighted by Crippen LogP contribution is -2.39. The van der Waals surface area contributed by atoms with Crippen LogP contribution < -0.4 is 0 Å². The van der Waals surface area contributed by atoms with E-state index in [9.17, 15) is 9.59 Å². The summed E-state index contributed by atoms with van der Waals surface area (Å²) in [4.78, 5) is 19.5. The quantitative estimate of drug-likeness (QED) is 0.438. The third-order valence-corrected chi connectivity index (χ3v) is 1.31. The molecule has 0 aromatic carbocycles. The molecule has 2 atom stereocenters. The molecule has 0 amide bonds. The summed E-state index contributed by atoms with van der Waals surface area (Å²) < 4.78 is 0. The number of hydrogen-bond donors (Lipinski definition) is 5. The number of rotatable bonds is 4. The van der Waals surface area contributed by atoms with Crippen LogP contribution in [0.2, 0.25) is 0 Å². The van der Waals surface area contributed by atoms with Gasteiger partial charge in [-0.25, -0.2) is 9.59 Å². The predicted octanol–water partition coefficient (Wildman–Crippen LogP) is -0.708. The van der Waals surface area contributed by atoms with Crippen molar-refractivity contribution < 1.29 is 35.1 Å². The van der Waals surface area contributed by atoms with Crippen LogP contribution in [-0.4, -0.2) is 56.8 Å². The lowest BCUT2D eigenvalue weighted by molar-refractivity contribution is -0.165. The molecule has 0 saturated heterocycles.